The first kappa shape index (κ1) is 20.1. The van der Waals surface area contributed by atoms with Crippen molar-refractivity contribution in [3.63, 3.8) is 0 Å². The van der Waals surface area contributed by atoms with E-state index in [0.717, 1.165) is 11.1 Å². The molecule has 2 aromatic carbocycles. The number of carbonyl (C=O) groups excluding carboxylic acids is 2. The molecule has 0 aliphatic rings. The number of esters is 1. The number of ether oxygens (including phenoxy) is 2. The minimum atomic E-state index is -0.563. The van der Waals surface area contributed by atoms with Crippen LogP contribution in [0.1, 0.15) is 27.6 Å². The largest absolute Gasteiger partial charge is 0.484 e. The predicted molar refractivity (Wildman–Crippen MR) is 109 cm³/mol. The molecule has 0 saturated carbocycles. The number of benzene rings is 2. The van der Waals surface area contributed by atoms with E-state index in [0.29, 0.717) is 11.3 Å². The zero-order chi connectivity index (χ0) is 20.6. The summed E-state index contributed by atoms with van der Waals surface area (Å²) >= 11 is 0. The Labute approximate surface area is 169 Å². The average Bonchev–Trinajstić information content (AvgIpc) is 2.77. The molecule has 6 nitrogen and oxygen atoms in total. The molecule has 3 rings (SSSR count). The van der Waals surface area contributed by atoms with E-state index < -0.39 is 12.1 Å². The zero-order valence-corrected chi connectivity index (χ0v) is 16.3. The van der Waals surface area contributed by atoms with Gasteiger partial charge >= 0.3 is 5.97 Å². The topological polar surface area (TPSA) is 68.7 Å². The van der Waals surface area contributed by atoms with Crippen LogP contribution in [-0.4, -0.2) is 42.5 Å². The fourth-order valence-electron chi connectivity index (χ4n) is 2.66. The molecule has 1 aromatic heterocycles. The summed E-state index contributed by atoms with van der Waals surface area (Å²) in [6.45, 7) is -0.102. The molecule has 0 N–H and O–H groups in total. The lowest BCUT2D eigenvalue weighted by molar-refractivity contribution is -0.130. The summed E-state index contributed by atoms with van der Waals surface area (Å²) in [5.41, 5.74) is 2.02. The van der Waals surface area contributed by atoms with Crippen LogP contribution in [0.2, 0.25) is 0 Å². The Morgan fingerprint density at radius 3 is 2.31 bits per heavy atom. The highest BCUT2D eigenvalue weighted by molar-refractivity contribution is 5.90. The first-order valence-electron chi connectivity index (χ1n) is 9.13. The molecule has 6 heteroatoms. The van der Waals surface area contributed by atoms with Crippen LogP contribution >= 0.6 is 0 Å². The van der Waals surface area contributed by atoms with Crippen LogP contribution in [-0.2, 0) is 9.53 Å². The quantitative estimate of drug-likeness (QED) is 0.578. The molecule has 0 radical (unpaired) electrons. The van der Waals surface area contributed by atoms with Crippen molar-refractivity contribution in [1.29, 1.82) is 0 Å². The third kappa shape index (κ3) is 5.42. The van der Waals surface area contributed by atoms with Crippen LogP contribution in [0.25, 0.3) is 0 Å². The van der Waals surface area contributed by atoms with Gasteiger partial charge in [0, 0.05) is 32.1 Å². The Balaban J connectivity index is 1.78. The van der Waals surface area contributed by atoms with Crippen molar-refractivity contribution in [2.45, 2.75) is 6.10 Å². The van der Waals surface area contributed by atoms with Crippen LogP contribution in [0.15, 0.2) is 79.1 Å². The van der Waals surface area contributed by atoms with Crippen molar-refractivity contribution in [3.05, 3.63) is 95.8 Å². The predicted octanol–water partition coefficient (Wildman–Crippen LogP) is 3.50. The lowest BCUT2D eigenvalue weighted by Gasteiger charge is -2.19. The fraction of sp³-hybridized carbons (Fsp3) is 0.174. The Kier molecular flexibility index (Phi) is 6.58. The molecule has 0 aliphatic heterocycles. The standard InChI is InChI=1S/C23H22N2O4/c1-25(2)21(26)16-28-20-10-6-9-19(15-20)23(27)29-22(17-7-4-3-5-8-17)18-11-13-24-14-12-18/h3-15,22H,16H2,1-2H3. The lowest BCUT2D eigenvalue weighted by atomic mass is 10.0. The van der Waals surface area contributed by atoms with Crippen LogP contribution in [0.4, 0.5) is 0 Å². The van der Waals surface area contributed by atoms with E-state index in [1.807, 2.05) is 42.5 Å². The number of rotatable bonds is 7. The number of aromatic nitrogens is 1. The summed E-state index contributed by atoms with van der Waals surface area (Å²) in [6, 6.07) is 19.8. The Morgan fingerprint density at radius 1 is 0.931 bits per heavy atom. The minimum Gasteiger partial charge on any atom is -0.484 e. The third-order valence-electron chi connectivity index (χ3n) is 4.27. The zero-order valence-electron chi connectivity index (χ0n) is 16.3. The van der Waals surface area contributed by atoms with Crippen molar-refractivity contribution >= 4 is 11.9 Å². The summed E-state index contributed by atoms with van der Waals surface area (Å²) < 4.78 is 11.3. The highest BCUT2D eigenvalue weighted by atomic mass is 16.5. The highest BCUT2D eigenvalue weighted by Gasteiger charge is 2.20. The van der Waals surface area contributed by atoms with Crippen molar-refractivity contribution in [2.24, 2.45) is 0 Å². The molecule has 0 aliphatic carbocycles. The summed E-state index contributed by atoms with van der Waals surface area (Å²) in [6.07, 6.45) is 2.76. The summed E-state index contributed by atoms with van der Waals surface area (Å²) in [7, 11) is 3.31. The average molecular weight is 390 g/mol. The van der Waals surface area contributed by atoms with Crippen LogP contribution in [0, 0.1) is 0 Å². The molecule has 1 heterocycles. The van der Waals surface area contributed by atoms with E-state index in [2.05, 4.69) is 4.98 Å². The minimum absolute atomic E-state index is 0.102. The maximum atomic E-state index is 12.8. The SMILES string of the molecule is CN(C)C(=O)COc1cccc(C(=O)OC(c2ccccc2)c2ccncc2)c1. The number of hydrogen-bond donors (Lipinski definition) is 0. The van der Waals surface area contributed by atoms with Gasteiger partial charge in [-0.1, -0.05) is 36.4 Å². The number of pyridine rings is 1. The molecule has 1 amide bonds. The van der Waals surface area contributed by atoms with Gasteiger partial charge in [0.25, 0.3) is 5.91 Å². The second kappa shape index (κ2) is 9.50. The molecule has 3 aromatic rings. The number of amides is 1. The molecule has 29 heavy (non-hydrogen) atoms. The van der Waals surface area contributed by atoms with Gasteiger partial charge in [-0.25, -0.2) is 4.79 Å². The number of carbonyl (C=O) groups is 2. The first-order chi connectivity index (χ1) is 14.0. The van der Waals surface area contributed by atoms with E-state index in [-0.39, 0.29) is 12.5 Å². The van der Waals surface area contributed by atoms with Crippen molar-refractivity contribution < 1.29 is 19.1 Å². The molecular formula is C23H22N2O4. The van der Waals surface area contributed by atoms with Gasteiger partial charge in [-0.3, -0.25) is 9.78 Å². The maximum absolute atomic E-state index is 12.8. The lowest BCUT2D eigenvalue weighted by Crippen LogP contribution is -2.27. The highest BCUT2D eigenvalue weighted by Crippen LogP contribution is 2.27. The Hall–Kier alpha value is -3.67. The van der Waals surface area contributed by atoms with Gasteiger partial charge in [-0.2, -0.15) is 0 Å². The molecule has 0 fully saturated rings. The van der Waals surface area contributed by atoms with Gasteiger partial charge in [0.2, 0.25) is 0 Å². The Bertz CT molecular complexity index is 919. The molecule has 148 valence electrons. The van der Waals surface area contributed by atoms with Gasteiger partial charge in [-0.15, -0.1) is 0 Å². The maximum Gasteiger partial charge on any atom is 0.339 e. The molecule has 1 unspecified atom stereocenters. The van der Waals surface area contributed by atoms with Gasteiger partial charge in [0.05, 0.1) is 5.56 Å². The number of hydrogen-bond acceptors (Lipinski definition) is 5. The van der Waals surface area contributed by atoms with Gasteiger partial charge < -0.3 is 14.4 Å². The van der Waals surface area contributed by atoms with Crippen molar-refractivity contribution in [3.8, 4) is 5.75 Å². The summed E-state index contributed by atoms with van der Waals surface area (Å²) in [5, 5.41) is 0. The van der Waals surface area contributed by atoms with Gasteiger partial charge in [0.15, 0.2) is 12.7 Å². The van der Waals surface area contributed by atoms with E-state index in [9.17, 15) is 9.59 Å². The molecule has 0 saturated heterocycles. The van der Waals surface area contributed by atoms with Gasteiger partial charge in [0.1, 0.15) is 5.75 Å². The molecular weight excluding hydrogens is 368 g/mol. The smallest absolute Gasteiger partial charge is 0.339 e. The molecule has 0 bridgehead atoms. The van der Waals surface area contributed by atoms with Crippen molar-refractivity contribution in [1.82, 2.24) is 9.88 Å². The summed E-state index contributed by atoms with van der Waals surface area (Å²) in [4.78, 5) is 30.0. The van der Waals surface area contributed by atoms with E-state index >= 15 is 0 Å². The second-order valence-electron chi connectivity index (χ2n) is 6.58. The van der Waals surface area contributed by atoms with E-state index in [4.69, 9.17) is 9.47 Å². The first-order valence-corrected chi connectivity index (χ1v) is 9.13. The molecule has 1 atom stereocenters. The monoisotopic (exact) mass is 390 g/mol. The fourth-order valence-corrected chi connectivity index (χ4v) is 2.66. The summed E-state index contributed by atoms with van der Waals surface area (Å²) in [5.74, 6) is -0.227. The van der Waals surface area contributed by atoms with E-state index in [1.165, 1.54) is 4.90 Å². The number of likely N-dealkylation sites (N-methyl/N-ethyl adjacent to an activating group) is 1. The molecule has 0 spiro atoms. The van der Waals surface area contributed by atoms with Crippen molar-refractivity contribution in [2.75, 3.05) is 20.7 Å². The van der Waals surface area contributed by atoms with Crippen LogP contribution in [0.5, 0.6) is 5.75 Å². The van der Waals surface area contributed by atoms with Crippen LogP contribution < -0.4 is 4.74 Å². The normalized spacial score (nSPS) is 11.4. The van der Waals surface area contributed by atoms with Crippen LogP contribution in [0.3, 0.4) is 0 Å². The second-order valence-corrected chi connectivity index (χ2v) is 6.58. The number of nitrogens with zero attached hydrogens (tertiary/aromatic N) is 2. The van der Waals surface area contributed by atoms with Gasteiger partial charge in [-0.05, 0) is 35.9 Å². The van der Waals surface area contributed by atoms with E-state index in [1.54, 1.807) is 50.8 Å². The third-order valence-corrected chi connectivity index (χ3v) is 4.27. The Morgan fingerprint density at radius 2 is 1.62 bits per heavy atom.